The van der Waals surface area contributed by atoms with Gasteiger partial charge in [0.15, 0.2) is 0 Å². The monoisotopic (exact) mass is 225 g/mol. The van der Waals surface area contributed by atoms with Gasteiger partial charge < -0.3 is 20.3 Å². The molecule has 88 valence electrons. The second kappa shape index (κ2) is 5.97. The van der Waals surface area contributed by atoms with Crippen molar-refractivity contribution in [2.75, 3.05) is 13.7 Å². The molecule has 0 heterocycles. The number of carbonyl (C=O) groups is 1. The fourth-order valence-corrected chi connectivity index (χ4v) is 1.10. The third-order valence-corrected chi connectivity index (χ3v) is 2.07. The Labute approximate surface area is 93.8 Å². The Kier molecular flexibility index (Phi) is 4.60. The minimum atomic E-state index is -1.02. The molecule has 1 rings (SSSR count). The lowest BCUT2D eigenvalue weighted by Crippen LogP contribution is -2.31. The molecule has 0 spiro atoms. The first-order chi connectivity index (χ1) is 7.63. The summed E-state index contributed by atoms with van der Waals surface area (Å²) >= 11 is 0. The van der Waals surface area contributed by atoms with E-state index in [1.807, 2.05) is 0 Å². The summed E-state index contributed by atoms with van der Waals surface area (Å²) in [7, 11) is 1.59. The summed E-state index contributed by atoms with van der Waals surface area (Å²) < 4.78 is 10.3. The van der Waals surface area contributed by atoms with Crippen LogP contribution in [0.1, 0.15) is 6.42 Å². The van der Waals surface area contributed by atoms with E-state index < -0.39 is 12.0 Å². The highest BCUT2D eigenvalue weighted by Gasteiger charge is 2.10. The average Bonchev–Trinajstić information content (AvgIpc) is 2.29. The van der Waals surface area contributed by atoms with E-state index in [9.17, 15) is 4.79 Å². The van der Waals surface area contributed by atoms with Gasteiger partial charge in [0.2, 0.25) is 0 Å². The minimum absolute atomic E-state index is 0.278. The highest BCUT2D eigenvalue weighted by molar-refractivity contribution is 5.72. The lowest BCUT2D eigenvalue weighted by atomic mass is 10.2. The predicted molar refractivity (Wildman–Crippen MR) is 58.7 cm³/mol. The SMILES string of the molecule is COc1ccc(OCC[C@H](N)C(=O)O)cc1. The van der Waals surface area contributed by atoms with Crippen molar-refractivity contribution in [1.82, 2.24) is 0 Å². The van der Waals surface area contributed by atoms with E-state index in [2.05, 4.69) is 0 Å². The van der Waals surface area contributed by atoms with E-state index in [1.54, 1.807) is 31.4 Å². The van der Waals surface area contributed by atoms with Crippen LogP contribution in [0.3, 0.4) is 0 Å². The van der Waals surface area contributed by atoms with E-state index >= 15 is 0 Å². The molecule has 5 nitrogen and oxygen atoms in total. The predicted octanol–water partition coefficient (Wildman–Crippen LogP) is 0.876. The Balaban J connectivity index is 2.34. The van der Waals surface area contributed by atoms with Gasteiger partial charge in [0, 0.05) is 6.42 Å². The van der Waals surface area contributed by atoms with E-state index in [-0.39, 0.29) is 13.0 Å². The average molecular weight is 225 g/mol. The molecule has 0 fully saturated rings. The van der Waals surface area contributed by atoms with Gasteiger partial charge in [-0.25, -0.2) is 0 Å². The largest absolute Gasteiger partial charge is 0.497 e. The van der Waals surface area contributed by atoms with E-state index in [0.29, 0.717) is 5.75 Å². The van der Waals surface area contributed by atoms with Gasteiger partial charge in [-0.05, 0) is 24.3 Å². The van der Waals surface area contributed by atoms with Gasteiger partial charge in [0.1, 0.15) is 17.5 Å². The zero-order valence-corrected chi connectivity index (χ0v) is 9.05. The molecular weight excluding hydrogens is 210 g/mol. The maximum Gasteiger partial charge on any atom is 0.320 e. The lowest BCUT2D eigenvalue weighted by Gasteiger charge is -2.09. The summed E-state index contributed by atoms with van der Waals surface area (Å²) in [4.78, 5) is 10.4. The first-order valence-corrected chi connectivity index (χ1v) is 4.88. The number of hydrogen-bond donors (Lipinski definition) is 2. The zero-order valence-electron chi connectivity index (χ0n) is 9.05. The highest BCUT2D eigenvalue weighted by Crippen LogP contribution is 2.17. The first kappa shape index (κ1) is 12.3. The molecule has 0 radical (unpaired) electrons. The van der Waals surface area contributed by atoms with E-state index in [1.165, 1.54) is 0 Å². The smallest absolute Gasteiger partial charge is 0.320 e. The number of carboxylic acids is 1. The van der Waals surface area contributed by atoms with Crippen LogP contribution in [0.2, 0.25) is 0 Å². The van der Waals surface area contributed by atoms with Gasteiger partial charge in [0.05, 0.1) is 13.7 Å². The van der Waals surface area contributed by atoms with Crippen molar-refractivity contribution in [3.05, 3.63) is 24.3 Å². The Morgan fingerprint density at radius 3 is 2.44 bits per heavy atom. The standard InChI is InChI=1S/C11H15NO4/c1-15-8-2-4-9(5-3-8)16-7-6-10(12)11(13)14/h2-5,10H,6-7,12H2,1H3,(H,13,14)/t10-/m0/s1. The van der Waals surface area contributed by atoms with Crippen molar-refractivity contribution in [2.45, 2.75) is 12.5 Å². The van der Waals surface area contributed by atoms with Crippen LogP contribution in [0, 0.1) is 0 Å². The number of aliphatic carboxylic acids is 1. The molecule has 0 aliphatic rings. The van der Waals surface area contributed by atoms with Gasteiger partial charge >= 0.3 is 5.97 Å². The summed E-state index contributed by atoms with van der Waals surface area (Å²) in [6, 6.07) is 6.17. The Bertz CT molecular complexity index is 336. The Morgan fingerprint density at radius 1 is 1.38 bits per heavy atom. The number of carboxylic acid groups (broad SMARTS) is 1. The van der Waals surface area contributed by atoms with Crippen molar-refractivity contribution >= 4 is 5.97 Å². The number of hydrogen-bond acceptors (Lipinski definition) is 4. The molecule has 16 heavy (non-hydrogen) atoms. The molecule has 1 aromatic carbocycles. The number of nitrogens with two attached hydrogens (primary N) is 1. The molecule has 0 amide bonds. The van der Waals surface area contributed by atoms with Crippen molar-refractivity contribution in [3.63, 3.8) is 0 Å². The van der Waals surface area contributed by atoms with Crippen molar-refractivity contribution < 1.29 is 19.4 Å². The van der Waals surface area contributed by atoms with Gasteiger partial charge in [-0.2, -0.15) is 0 Å². The normalized spacial score (nSPS) is 11.9. The van der Waals surface area contributed by atoms with Crippen molar-refractivity contribution in [1.29, 1.82) is 0 Å². The fourth-order valence-electron chi connectivity index (χ4n) is 1.10. The molecule has 0 saturated carbocycles. The van der Waals surface area contributed by atoms with Gasteiger partial charge in [-0.15, -0.1) is 0 Å². The quantitative estimate of drug-likeness (QED) is 0.750. The summed E-state index contributed by atoms with van der Waals surface area (Å²) in [5.74, 6) is 0.395. The van der Waals surface area contributed by atoms with Crippen LogP contribution in [-0.2, 0) is 4.79 Å². The van der Waals surface area contributed by atoms with Crippen LogP contribution >= 0.6 is 0 Å². The second-order valence-electron chi connectivity index (χ2n) is 3.26. The van der Waals surface area contributed by atoms with E-state index in [4.69, 9.17) is 20.3 Å². The molecule has 0 aliphatic carbocycles. The summed E-state index contributed by atoms with van der Waals surface area (Å²) in [5, 5.41) is 8.55. The third kappa shape index (κ3) is 3.78. The first-order valence-electron chi connectivity index (χ1n) is 4.88. The highest BCUT2D eigenvalue weighted by atomic mass is 16.5. The Hall–Kier alpha value is -1.75. The zero-order chi connectivity index (χ0) is 12.0. The molecule has 1 aromatic rings. The number of benzene rings is 1. The second-order valence-corrected chi connectivity index (χ2v) is 3.26. The molecule has 1 atom stereocenters. The fraction of sp³-hybridized carbons (Fsp3) is 0.364. The number of rotatable bonds is 6. The molecule has 0 aliphatic heterocycles. The Morgan fingerprint density at radius 2 is 1.94 bits per heavy atom. The molecule has 3 N–H and O–H groups in total. The van der Waals surface area contributed by atoms with Crippen LogP contribution in [-0.4, -0.2) is 30.8 Å². The van der Waals surface area contributed by atoms with Gasteiger partial charge in [-0.1, -0.05) is 0 Å². The maximum atomic E-state index is 10.4. The summed E-state index contributed by atoms with van der Waals surface area (Å²) in [5.41, 5.74) is 5.33. The number of ether oxygens (including phenoxy) is 2. The van der Waals surface area contributed by atoms with Crippen molar-refractivity contribution in [3.8, 4) is 11.5 Å². The third-order valence-electron chi connectivity index (χ3n) is 2.07. The maximum absolute atomic E-state index is 10.4. The minimum Gasteiger partial charge on any atom is -0.497 e. The molecule has 0 saturated heterocycles. The van der Waals surface area contributed by atoms with Crippen LogP contribution < -0.4 is 15.2 Å². The van der Waals surface area contributed by atoms with E-state index in [0.717, 1.165) is 5.75 Å². The molecule has 5 heteroatoms. The van der Waals surface area contributed by atoms with Crippen LogP contribution in [0.4, 0.5) is 0 Å². The molecule has 0 bridgehead atoms. The van der Waals surface area contributed by atoms with Crippen LogP contribution in [0.5, 0.6) is 11.5 Å². The van der Waals surface area contributed by atoms with Crippen LogP contribution in [0.15, 0.2) is 24.3 Å². The van der Waals surface area contributed by atoms with Crippen molar-refractivity contribution in [2.24, 2.45) is 5.73 Å². The van der Waals surface area contributed by atoms with Gasteiger partial charge in [-0.3, -0.25) is 4.79 Å². The molecular formula is C11H15NO4. The number of methoxy groups -OCH3 is 1. The lowest BCUT2D eigenvalue weighted by molar-refractivity contribution is -0.138. The van der Waals surface area contributed by atoms with Gasteiger partial charge in [0.25, 0.3) is 0 Å². The summed E-state index contributed by atoms with van der Waals surface area (Å²) in [6.07, 6.45) is 0.279. The summed E-state index contributed by atoms with van der Waals surface area (Å²) in [6.45, 7) is 0.278. The topological polar surface area (TPSA) is 81.8 Å². The molecule has 0 aromatic heterocycles. The molecule has 0 unspecified atom stereocenters. The van der Waals surface area contributed by atoms with Crippen LogP contribution in [0.25, 0.3) is 0 Å².